The van der Waals surface area contributed by atoms with Crippen molar-refractivity contribution in [3.05, 3.63) is 6.67 Å². The third-order valence-corrected chi connectivity index (χ3v) is 1.42. The van der Waals surface area contributed by atoms with Crippen molar-refractivity contribution >= 4 is 0 Å². The molecule has 1 rings (SSSR count). The second-order valence-electron chi connectivity index (χ2n) is 2.43. The normalized spacial score (nSPS) is 26.2. The molecular weight excluding hydrogens is 100 g/mol. The van der Waals surface area contributed by atoms with Crippen LogP contribution in [0.15, 0.2) is 0 Å². The number of nitrogens with zero attached hydrogens (tertiary/aromatic N) is 2. The van der Waals surface area contributed by atoms with Crippen molar-refractivity contribution in [3.63, 3.8) is 0 Å². The molecule has 1 heterocycles. The summed E-state index contributed by atoms with van der Waals surface area (Å²) in [4.78, 5) is 4.42. The van der Waals surface area contributed by atoms with Crippen molar-refractivity contribution in [1.82, 2.24) is 9.80 Å². The van der Waals surface area contributed by atoms with E-state index in [1.807, 2.05) is 0 Å². The molecule has 0 saturated carbocycles. The van der Waals surface area contributed by atoms with Crippen LogP contribution in [0.3, 0.4) is 0 Å². The second kappa shape index (κ2) is 2.46. The van der Waals surface area contributed by atoms with Crippen LogP contribution >= 0.6 is 0 Å². The molecule has 1 aliphatic rings. The van der Waals surface area contributed by atoms with Gasteiger partial charge in [-0.05, 0) is 20.5 Å². The van der Waals surface area contributed by atoms with E-state index in [1.54, 1.807) is 0 Å². The maximum absolute atomic E-state index is 2.21. The maximum atomic E-state index is 2.21. The molecule has 1 aliphatic heterocycles. The highest BCUT2D eigenvalue weighted by atomic mass is 15.3. The Morgan fingerprint density at radius 2 is 1.62 bits per heavy atom. The summed E-state index contributed by atoms with van der Waals surface area (Å²) in [5.74, 6) is 0. The molecule has 1 saturated heterocycles. The van der Waals surface area contributed by atoms with Gasteiger partial charge in [0, 0.05) is 13.1 Å². The van der Waals surface area contributed by atoms with Crippen molar-refractivity contribution in [1.29, 1.82) is 0 Å². The summed E-state index contributed by atoms with van der Waals surface area (Å²) in [6.07, 6.45) is 1.30. The van der Waals surface area contributed by atoms with Gasteiger partial charge in [-0.25, -0.2) is 0 Å². The predicted octanol–water partition coefficient (Wildman–Crippen LogP) is 0.373. The Bertz CT molecular complexity index is 64.9. The van der Waals surface area contributed by atoms with Crippen molar-refractivity contribution in [2.45, 2.75) is 6.42 Å². The van der Waals surface area contributed by atoms with Crippen molar-refractivity contribution in [2.24, 2.45) is 0 Å². The summed E-state index contributed by atoms with van der Waals surface area (Å²) in [7, 11) is 4.21. The second-order valence-corrected chi connectivity index (χ2v) is 2.43. The van der Waals surface area contributed by atoms with Crippen LogP contribution in [-0.4, -0.2) is 37.0 Å². The topological polar surface area (TPSA) is 6.48 Å². The minimum Gasteiger partial charge on any atom is -0.288 e. The molecule has 8 heavy (non-hydrogen) atoms. The number of hydrogen-bond donors (Lipinski definition) is 0. The van der Waals surface area contributed by atoms with Gasteiger partial charge in [0.1, 0.15) is 0 Å². The van der Waals surface area contributed by atoms with E-state index >= 15 is 0 Å². The van der Waals surface area contributed by atoms with E-state index in [2.05, 4.69) is 30.6 Å². The third kappa shape index (κ3) is 1.46. The van der Waals surface area contributed by atoms with Crippen molar-refractivity contribution in [3.8, 4) is 0 Å². The fraction of sp³-hybridized carbons (Fsp3) is 0.833. The van der Waals surface area contributed by atoms with Crippen molar-refractivity contribution < 1.29 is 0 Å². The molecule has 2 nitrogen and oxygen atoms in total. The zero-order valence-electron chi connectivity index (χ0n) is 5.59. The summed E-state index contributed by atoms with van der Waals surface area (Å²) in [5, 5.41) is 0. The molecule has 0 bridgehead atoms. The lowest BCUT2D eigenvalue weighted by atomic mass is 10.3. The molecule has 0 aliphatic carbocycles. The van der Waals surface area contributed by atoms with E-state index in [0.717, 1.165) is 0 Å². The molecule has 0 aromatic rings. The van der Waals surface area contributed by atoms with Gasteiger partial charge in [-0.15, -0.1) is 0 Å². The molecule has 0 unspecified atom stereocenters. The Morgan fingerprint density at radius 1 is 1.12 bits per heavy atom. The molecule has 47 valence electrons. The van der Waals surface area contributed by atoms with Gasteiger partial charge in [-0.1, -0.05) is 0 Å². The smallest absolute Gasteiger partial charge is 0.0916 e. The van der Waals surface area contributed by atoms with Crippen molar-refractivity contribution in [2.75, 3.05) is 27.2 Å². The Hall–Kier alpha value is -0.0800. The Labute approximate surface area is 51.1 Å². The molecule has 0 atom stereocenters. The van der Waals surface area contributed by atoms with E-state index in [4.69, 9.17) is 0 Å². The Kier molecular flexibility index (Phi) is 1.86. The zero-order chi connectivity index (χ0) is 5.98. The first kappa shape index (κ1) is 6.05. The molecule has 1 fully saturated rings. The van der Waals surface area contributed by atoms with E-state index in [9.17, 15) is 0 Å². The van der Waals surface area contributed by atoms with Crippen LogP contribution in [0.4, 0.5) is 0 Å². The van der Waals surface area contributed by atoms with Gasteiger partial charge in [0.05, 0.1) is 6.67 Å². The third-order valence-electron chi connectivity index (χ3n) is 1.42. The first-order chi connectivity index (χ1) is 3.79. The van der Waals surface area contributed by atoms with Gasteiger partial charge >= 0.3 is 0 Å². The van der Waals surface area contributed by atoms with Crippen LogP contribution < -0.4 is 0 Å². The molecule has 0 N–H and O–H groups in total. The summed E-state index contributed by atoms with van der Waals surface area (Å²) < 4.78 is 0. The summed E-state index contributed by atoms with van der Waals surface area (Å²) >= 11 is 0. The standard InChI is InChI=1S/C6H13N2/c1-7-4-3-5-8(2)6-7/h6H,3-5H2,1-2H3. The summed E-state index contributed by atoms with van der Waals surface area (Å²) in [5.41, 5.74) is 0. The summed E-state index contributed by atoms with van der Waals surface area (Å²) in [6, 6.07) is 0. The number of hydrogen-bond acceptors (Lipinski definition) is 2. The van der Waals surface area contributed by atoms with E-state index in [0.29, 0.717) is 0 Å². The van der Waals surface area contributed by atoms with Gasteiger partial charge in [0.15, 0.2) is 0 Å². The highest BCUT2D eigenvalue weighted by molar-refractivity contribution is 4.70. The first-order valence-electron chi connectivity index (χ1n) is 3.04. The van der Waals surface area contributed by atoms with Gasteiger partial charge in [0.2, 0.25) is 0 Å². The van der Waals surface area contributed by atoms with Crippen LogP contribution in [0.1, 0.15) is 6.42 Å². The van der Waals surface area contributed by atoms with Gasteiger partial charge in [0.25, 0.3) is 0 Å². The van der Waals surface area contributed by atoms with Gasteiger partial charge in [-0.2, -0.15) is 0 Å². The molecule has 0 aromatic heterocycles. The number of rotatable bonds is 0. The minimum absolute atomic E-state index is 1.21. The Morgan fingerprint density at radius 3 is 1.88 bits per heavy atom. The highest BCUT2D eigenvalue weighted by Crippen LogP contribution is 2.03. The molecule has 0 aromatic carbocycles. The van der Waals surface area contributed by atoms with Crippen LogP contribution in [0.5, 0.6) is 0 Å². The van der Waals surface area contributed by atoms with E-state index in [1.165, 1.54) is 19.5 Å². The highest BCUT2D eigenvalue weighted by Gasteiger charge is 2.08. The fourth-order valence-corrected chi connectivity index (χ4v) is 1.02. The lowest BCUT2D eigenvalue weighted by Gasteiger charge is -2.28. The van der Waals surface area contributed by atoms with E-state index < -0.39 is 0 Å². The van der Waals surface area contributed by atoms with Crippen LogP contribution in [-0.2, 0) is 0 Å². The average molecular weight is 113 g/mol. The monoisotopic (exact) mass is 113 g/mol. The predicted molar refractivity (Wildman–Crippen MR) is 34.2 cm³/mol. The molecular formula is C6H13N2. The SMILES string of the molecule is CN1[CH]N(C)CCC1. The minimum atomic E-state index is 1.21. The van der Waals surface area contributed by atoms with Gasteiger partial charge in [-0.3, -0.25) is 9.80 Å². The first-order valence-corrected chi connectivity index (χ1v) is 3.04. The molecule has 2 heteroatoms. The van der Waals surface area contributed by atoms with Crippen LogP contribution in [0.2, 0.25) is 0 Å². The molecule has 1 radical (unpaired) electrons. The molecule has 0 amide bonds. The lowest BCUT2D eigenvalue weighted by Crippen LogP contribution is -2.35. The quantitative estimate of drug-likeness (QED) is 0.448. The Balaban J connectivity index is 2.23. The van der Waals surface area contributed by atoms with Crippen LogP contribution in [0, 0.1) is 6.67 Å². The van der Waals surface area contributed by atoms with Gasteiger partial charge < -0.3 is 0 Å². The maximum Gasteiger partial charge on any atom is 0.0916 e. The zero-order valence-corrected chi connectivity index (χ0v) is 5.59. The average Bonchev–Trinajstić information content (AvgIpc) is 1.64. The fourth-order valence-electron chi connectivity index (χ4n) is 1.02. The van der Waals surface area contributed by atoms with E-state index in [-0.39, 0.29) is 0 Å². The van der Waals surface area contributed by atoms with Crippen LogP contribution in [0.25, 0.3) is 0 Å². The largest absolute Gasteiger partial charge is 0.288 e. The molecule has 0 spiro atoms. The summed E-state index contributed by atoms with van der Waals surface area (Å²) in [6.45, 7) is 4.57. The lowest BCUT2D eigenvalue weighted by molar-refractivity contribution is 0.199.